The van der Waals surface area contributed by atoms with Crippen molar-refractivity contribution in [2.45, 2.75) is 24.8 Å². The molecule has 28 heavy (non-hydrogen) atoms. The van der Waals surface area contributed by atoms with Crippen LogP contribution >= 0.6 is 24.0 Å². The molecule has 1 saturated heterocycles. The summed E-state index contributed by atoms with van der Waals surface area (Å²) in [5.74, 6) is 1.35. The van der Waals surface area contributed by atoms with Crippen LogP contribution in [0.3, 0.4) is 0 Å². The summed E-state index contributed by atoms with van der Waals surface area (Å²) in [5, 5.41) is 8.45. The molecule has 10 heteroatoms. The maximum atomic E-state index is 11.3. The van der Waals surface area contributed by atoms with E-state index in [1.165, 1.54) is 12.1 Å². The topological polar surface area (TPSA) is 106 Å². The van der Waals surface area contributed by atoms with Crippen molar-refractivity contribution >= 4 is 40.0 Å². The third kappa shape index (κ3) is 8.19. The van der Waals surface area contributed by atoms with E-state index in [0.29, 0.717) is 25.7 Å². The Kier molecular flexibility index (Phi) is 11.3. The van der Waals surface area contributed by atoms with Crippen LogP contribution in [0.15, 0.2) is 34.2 Å². The number of methoxy groups -OCH3 is 1. The van der Waals surface area contributed by atoms with E-state index in [2.05, 4.69) is 10.2 Å². The van der Waals surface area contributed by atoms with Gasteiger partial charge in [-0.05, 0) is 31.0 Å². The second-order valence-electron chi connectivity index (χ2n) is 6.53. The maximum Gasteiger partial charge on any atom is 0.238 e. The summed E-state index contributed by atoms with van der Waals surface area (Å²) in [6.07, 6.45) is 1.07. The molecule has 0 aromatic heterocycles. The van der Waals surface area contributed by atoms with E-state index in [0.717, 1.165) is 44.2 Å². The maximum absolute atomic E-state index is 11.3. The van der Waals surface area contributed by atoms with Gasteiger partial charge in [-0.1, -0.05) is 12.1 Å². The molecule has 1 aliphatic rings. The van der Waals surface area contributed by atoms with Crippen LogP contribution in [0, 0.1) is 5.92 Å². The predicted molar refractivity (Wildman–Crippen MR) is 120 cm³/mol. The summed E-state index contributed by atoms with van der Waals surface area (Å²) in [5.41, 5.74) is 0.927. The van der Waals surface area contributed by atoms with Crippen molar-refractivity contribution < 1.29 is 17.9 Å². The van der Waals surface area contributed by atoms with Gasteiger partial charge in [0, 0.05) is 32.7 Å². The molecule has 8 nitrogen and oxygen atoms in total. The quantitative estimate of drug-likeness (QED) is 0.218. The molecule has 1 aliphatic heterocycles. The highest BCUT2D eigenvalue weighted by molar-refractivity contribution is 14.0. The molecular weight excluding hydrogens is 495 g/mol. The van der Waals surface area contributed by atoms with Crippen LogP contribution in [-0.2, 0) is 26.0 Å². The summed E-state index contributed by atoms with van der Waals surface area (Å²) in [4.78, 5) is 7.04. The fourth-order valence-corrected chi connectivity index (χ4v) is 3.45. The molecule has 1 fully saturated rings. The van der Waals surface area contributed by atoms with Gasteiger partial charge in [-0.2, -0.15) is 0 Å². The average molecular weight is 526 g/mol. The Balaban J connectivity index is 0.00000392. The zero-order valence-corrected chi connectivity index (χ0v) is 19.6. The van der Waals surface area contributed by atoms with Crippen LogP contribution in [0.4, 0.5) is 0 Å². The molecule has 1 aromatic carbocycles. The minimum Gasteiger partial charge on any atom is -0.382 e. The number of sulfonamides is 1. The number of nitrogens with two attached hydrogens (primary N) is 1. The molecule has 1 heterocycles. The molecule has 3 N–H and O–H groups in total. The molecule has 0 amide bonds. The first-order chi connectivity index (χ1) is 12.9. The molecule has 0 radical (unpaired) electrons. The van der Waals surface area contributed by atoms with Crippen molar-refractivity contribution in [1.82, 2.24) is 10.2 Å². The summed E-state index contributed by atoms with van der Waals surface area (Å²) < 4.78 is 33.3. The predicted octanol–water partition coefficient (Wildman–Crippen LogP) is 1.40. The highest BCUT2D eigenvalue weighted by Crippen LogP contribution is 2.17. The van der Waals surface area contributed by atoms with Gasteiger partial charge in [0.2, 0.25) is 10.0 Å². The van der Waals surface area contributed by atoms with E-state index in [9.17, 15) is 8.42 Å². The molecule has 1 aromatic rings. The van der Waals surface area contributed by atoms with Crippen molar-refractivity contribution in [3.63, 3.8) is 0 Å². The number of rotatable bonds is 9. The lowest BCUT2D eigenvalue weighted by Crippen LogP contribution is -2.40. The first-order valence-electron chi connectivity index (χ1n) is 9.15. The summed E-state index contributed by atoms with van der Waals surface area (Å²) >= 11 is 0. The van der Waals surface area contributed by atoms with Gasteiger partial charge in [0.15, 0.2) is 5.96 Å². The van der Waals surface area contributed by atoms with Gasteiger partial charge in [-0.15, -0.1) is 24.0 Å². The minimum absolute atomic E-state index is 0. The Labute approximate surface area is 184 Å². The number of ether oxygens (including phenoxy) is 2. The van der Waals surface area contributed by atoms with Gasteiger partial charge < -0.3 is 19.7 Å². The van der Waals surface area contributed by atoms with Crippen LogP contribution in [-0.4, -0.2) is 65.8 Å². The fourth-order valence-electron chi connectivity index (χ4n) is 2.93. The number of aliphatic imine (C=N–C) groups is 1. The van der Waals surface area contributed by atoms with Crippen LogP contribution < -0.4 is 10.5 Å². The summed E-state index contributed by atoms with van der Waals surface area (Å²) in [6.45, 7) is 7.11. The number of hydrogen-bond acceptors (Lipinski definition) is 5. The van der Waals surface area contributed by atoms with Crippen molar-refractivity contribution in [3.05, 3.63) is 29.8 Å². The number of nitrogens with one attached hydrogen (secondary N) is 1. The lowest BCUT2D eigenvalue weighted by atomic mass is 10.1. The smallest absolute Gasteiger partial charge is 0.238 e. The van der Waals surface area contributed by atoms with E-state index in [-0.39, 0.29) is 28.9 Å². The van der Waals surface area contributed by atoms with Gasteiger partial charge in [-0.25, -0.2) is 18.5 Å². The fraction of sp³-hybridized carbons (Fsp3) is 0.611. The molecule has 0 saturated carbocycles. The standard InChI is InChI=1S/C18H30N4O4S.HI/c1-3-20-18(22-9-8-16(13-22)14-26-11-10-25-2)21-12-15-4-6-17(7-5-15)27(19,23)24;/h4-7,16H,3,8-14H2,1-2H3,(H,20,21)(H2,19,23,24);1H. The molecule has 0 aliphatic carbocycles. The lowest BCUT2D eigenvalue weighted by molar-refractivity contribution is 0.0536. The minimum atomic E-state index is -3.67. The number of nitrogens with zero attached hydrogens (tertiary/aromatic N) is 2. The number of hydrogen-bond donors (Lipinski definition) is 2. The molecule has 0 bridgehead atoms. The Bertz CT molecular complexity index is 713. The second-order valence-corrected chi connectivity index (χ2v) is 8.09. The highest BCUT2D eigenvalue weighted by atomic mass is 127. The Morgan fingerprint density at radius 2 is 2.04 bits per heavy atom. The van der Waals surface area contributed by atoms with Crippen LogP contribution in [0.1, 0.15) is 18.9 Å². The van der Waals surface area contributed by atoms with Gasteiger partial charge in [0.05, 0.1) is 31.3 Å². The van der Waals surface area contributed by atoms with E-state index >= 15 is 0 Å². The molecule has 0 spiro atoms. The van der Waals surface area contributed by atoms with Crippen molar-refractivity contribution in [2.75, 3.05) is 46.6 Å². The van der Waals surface area contributed by atoms with Crippen LogP contribution in [0.2, 0.25) is 0 Å². The van der Waals surface area contributed by atoms with E-state index < -0.39 is 10.0 Å². The summed E-state index contributed by atoms with van der Waals surface area (Å²) in [6, 6.07) is 6.50. The van der Waals surface area contributed by atoms with Gasteiger partial charge in [0.25, 0.3) is 0 Å². The Hall–Kier alpha value is -0.950. The Morgan fingerprint density at radius 3 is 2.64 bits per heavy atom. The van der Waals surface area contributed by atoms with E-state index in [1.54, 1.807) is 19.2 Å². The zero-order valence-electron chi connectivity index (χ0n) is 16.5. The first kappa shape index (κ1) is 25.1. The van der Waals surface area contributed by atoms with Crippen molar-refractivity contribution in [2.24, 2.45) is 16.0 Å². The lowest BCUT2D eigenvalue weighted by Gasteiger charge is -2.21. The molecule has 1 atom stereocenters. The number of primary sulfonamides is 1. The summed E-state index contributed by atoms with van der Waals surface area (Å²) in [7, 11) is -2.00. The van der Waals surface area contributed by atoms with E-state index in [1.807, 2.05) is 6.92 Å². The molecule has 1 unspecified atom stereocenters. The Morgan fingerprint density at radius 1 is 1.32 bits per heavy atom. The second kappa shape index (κ2) is 12.6. The third-order valence-electron chi connectivity index (χ3n) is 4.37. The number of likely N-dealkylation sites (tertiary alicyclic amines) is 1. The largest absolute Gasteiger partial charge is 0.382 e. The SMILES string of the molecule is CCNC(=NCc1ccc(S(N)(=O)=O)cc1)N1CCC(COCCOC)C1.I. The normalized spacial score (nSPS) is 17.5. The monoisotopic (exact) mass is 526 g/mol. The average Bonchev–Trinajstić information content (AvgIpc) is 3.11. The van der Waals surface area contributed by atoms with Gasteiger partial charge in [-0.3, -0.25) is 0 Å². The number of halogens is 1. The van der Waals surface area contributed by atoms with Crippen LogP contribution in [0.25, 0.3) is 0 Å². The first-order valence-corrected chi connectivity index (χ1v) is 10.7. The molecular formula is C18H31IN4O4S. The third-order valence-corrected chi connectivity index (χ3v) is 5.30. The van der Waals surface area contributed by atoms with Gasteiger partial charge in [0.1, 0.15) is 0 Å². The van der Waals surface area contributed by atoms with Crippen molar-refractivity contribution in [3.8, 4) is 0 Å². The highest BCUT2D eigenvalue weighted by Gasteiger charge is 2.24. The van der Waals surface area contributed by atoms with Crippen LogP contribution in [0.5, 0.6) is 0 Å². The molecule has 160 valence electrons. The zero-order chi connectivity index (χ0) is 19.7. The number of benzene rings is 1. The number of guanidine groups is 1. The van der Waals surface area contributed by atoms with Crippen molar-refractivity contribution in [1.29, 1.82) is 0 Å². The van der Waals surface area contributed by atoms with E-state index in [4.69, 9.17) is 19.6 Å². The molecule has 2 rings (SSSR count). The van der Waals surface area contributed by atoms with Gasteiger partial charge >= 0.3 is 0 Å².